The highest BCUT2D eigenvalue weighted by atomic mass is 16.5. The van der Waals surface area contributed by atoms with Crippen LogP contribution in [-0.2, 0) is 11.3 Å². The van der Waals surface area contributed by atoms with E-state index in [1.165, 1.54) is 36.1 Å². The summed E-state index contributed by atoms with van der Waals surface area (Å²) < 4.78 is 12.5. The molecule has 2 fully saturated rings. The SMILES string of the molecule is O=C(NCC1(N2CCOCC2)CCCCC1)c1ccc(=O)n(CCOc2ccccc2)n1. The van der Waals surface area contributed by atoms with E-state index in [1.54, 1.807) is 0 Å². The highest BCUT2D eigenvalue weighted by Crippen LogP contribution is 2.33. The molecule has 2 aliphatic rings. The van der Waals surface area contributed by atoms with E-state index in [4.69, 9.17) is 9.47 Å². The van der Waals surface area contributed by atoms with Crippen LogP contribution in [0.15, 0.2) is 47.3 Å². The number of morpholine rings is 1. The van der Waals surface area contributed by atoms with Gasteiger partial charge in [0.15, 0.2) is 0 Å². The van der Waals surface area contributed by atoms with Crippen molar-refractivity contribution in [3.8, 4) is 5.75 Å². The van der Waals surface area contributed by atoms with Crippen LogP contribution in [-0.4, -0.2) is 65.6 Å². The first kappa shape index (κ1) is 22.5. The molecule has 2 aromatic rings. The van der Waals surface area contributed by atoms with Gasteiger partial charge in [-0.05, 0) is 31.0 Å². The Morgan fingerprint density at radius 2 is 1.81 bits per heavy atom. The van der Waals surface area contributed by atoms with E-state index in [9.17, 15) is 9.59 Å². The number of benzene rings is 1. The number of carbonyl (C=O) groups excluding carboxylic acids is 1. The van der Waals surface area contributed by atoms with E-state index in [1.807, 2.05) is 30.3 Å². The van der Waals surface area contributed by atoms with Crippen molar-refractivity contribution in [1.29, 1.82) is 0 Å². The minimum atomic E-state index is -0.254. The Morgan fingerprint density at radius 1 is 1.06 bits per heavy atom. The van der Waals surface area contributed by atoms with Gasteiger partial charge < -0.3 is 14.8 Å². The topological polar surface area (TPSA) is 85.7 Å². The van der Waals surface area contributed by atoms with Gasteiger partial charge in [-0.2, -0.15) is 5.10 Å². The second-order valence-corrected chi connectivity index (χ2v) is 8.51. The van der Waals surface area contributed by atoms with E-state index in [-0.39, 0.29) is 29.2 Å². The summed E-state index contributed by atoms with van der Waals surface area (Å²) in [5.41, 5.74) is -0.0251. The highest BCUT2D eigenvalue weighted by Gasteiger charge is 2.38. The van der Waals surface area contributed by atoms with Gasteiger partial charge in [0.25, 0.3) is 11.5 Å². The van der Waals surface area contributed by atoms with Crippen LogP contribution in [0.1, 0.15) is 42.6 Å². The molecule has 1 aromatic carbocycles. The molecule has 0 unspecified atom stereocenters. The third-order valence-corrected chi connectivity index (χ3v) is 6.46. The van der Waals surface area contributed by atoms with Gasteiger partial charge in [-0.25, -0.2) is 4.68 Å². The van der Waals surface area contributed by atoms with Crippen LogP contribution in [0, 0.1) is 0 Å². The summed E-state index contributed by atoms with van der Waals surface area (Å²) in [7, 11) is 0. The van der Waals surface area contributed by atoms with Crippen LogP contribution >= 0.6 is 0 Å². The Morgan fingerprint density at radius 3 is 2.56 bits per heavy atom. The molecule has 1 aliphatic carbocycles. The molecule has 172 valence electrons. The van der Waals surface area contributed by atoms with E-state index in [0.717, 1.165) is 44.9 Å². The van der Waals surface area contributed by atoms with E-state index < -0.39 is 0 Å². The minimum absolute atomic E-state index is 0.0182. The maximum atomic E-state index is 12.9. The normalized spacial score (nSPS) is 18.8. The van der Waals surface area contributed by atoms with Gasteiger partial charge in [0.2, 0.25) is 0 Å². The number of ether oxygens (including phenoxy) is 2. The number of carbonyl (C=O) groups is 1. The Labute approximate surface area is 188 Å². The molecular formula is C24H32N4O4. The van der Waals surface area contributed by atoms with Crippen LogP contribution in [0.5, 0.6) is 5.75 Å². The molecule has 32 heavy (non-hydrogen) atoms. The summed E-state index contributed by atoms with van der Waals surface area (Å²) in [5, 5.41) is 7.39. The van der Waals surface area contributed by atoms with Crippen molar-refractivity contribution in [3.05, 3.63) is 58.5 Å². The number of rotatable bonds is 8. The molecule has 1 amide bonds. The number of nitrogens with zero attached hydrogens (tertiary/aromatic N) is 3. The molecule has 1 aromatic heterocycles. The molecule has 0 bridgehead atoms. The first-order valence-corrected chi connectivity index (χ1v) is 11.5. The lowest BCUT2D eigenvalue weighted by Crippen LogP contribution is -2.59. The zero-order chi connectivity index (χ0) is 22.2. The third kappa shape index (κ3) is 5.55. The number of nitrogens with one attached hydrogen (secondary N) is 1. The minimum Gasteiger partial charge on any atom is -0.492 e. The number of amides is 1. The molecule has 0 spiro atoms. The van der Waals surface area contributed by atoms with Gasteiger partial charge in [-0.3, -0.25) is 14.5 Å². The van der Waals surface area contributed by atoms with E-state index in [0.29, 0.717) is 13.2 Å². The fourth-order valence-corrected chi connectivity index (χ4v) is 4.68. The zero-order valence-electron chi connectivity index (χ0n) is 18.5. The van der Waals surface area contributed by atoms with Crippen LogP contribution in [0.3, 0.4) is 0 Å². The van der Waals surface area contributed by atoms with Crippen molar-refractivity contribution in [2.75, 3.05) is 39.5 Å². The van der Waals surface area contributed by atoms with Gasteiger partial charge in [0.1, 0.15) is 18.1 Å². The molecule has 1 saturated carbocycles. The van der Waals surface area contributed by atoms with Crippen molar-refractivity contribution in [1.82, 2.24) is 20.0 Å². The predicted octanol–water partition coefficient (Wildman–Crippen LogP) is 2.09. The monoisotopic (exact) mass is 440 g/mol. The third-order valence-electron chi connectivity index (χ3n) is 6.46. The molecule has 2 heterocycles. The fraction of sp³-hybridized carbons (Fsp3) is 0.542. The maximum absolute atomic E-state index is 12.9. The number of aromatic nitrogens is 2. The van der Waals surface area contributed by atoms with Crippen molar-refractivity contribution in [2.24, 2.45) is 0 Å². The zero-order valence-corrected chi connectivity index (χ0v) is 18.5. The van der Waals surface area contributed by atoms with Crippen LogP contribution in [0.2, 0.25) is 0 Å². The summed E-state index contributed by atoms with van der Waals surface area (Å²) in [6.07, 6.45) is 5.77. The van der Waals surface area contributed by atoms with Crippen LogP contribution in [0.4, 0.5) is 0 Å². The second-order valence-electron chi connectivity index (χ2n) is 8.51. The quantitative estimate of drug-likeness (QED) is 0.677. The largest absolute Gasteiger partial charge is 0.492 e. The van der Waals surface area contributed by atoms with E-state index in [2.05, 4.69) is 15.3 Å². The Balaban J connectivity index is 1.38. The van der Waals surface area contributed by atoms with Gasteiger partial charge in [0, 0.05) is 31.2 Å². The van der Waals surface area contributed by atoms with Gasteiger partial charge in [-0.1, -0.05) is 37.5 Å². The fourth-order valence-electron chi connectivity index (χ4n) is 4.68. The molecule has 8 heteroatoms. The molecular weight excluding hydrogens is 408 g/mol. The molecule has 1 aliphatic heterocycles. The lowest BCUT2D eigenvalue weighted by atomic mass is 9.79. The van der Waals surface area contributed by atoms with Crippen molar-refractivity contribution in [3.63, 3.8) is 0 Å². The maximum Gasteiger partial charge on any atom is 0.271 e. The number of hydrogen-bond acceptors (Lipinski definition) is 6. The molecule has 8 nitrogen and oxygen atoms in total. The van der Waals surface area contributed by atoms with Crippen molar-refractivity contribution < 1.29 is 14.3 Å². The summed E-state index contributed by atoms with van der Waals surface area (Å²) >= 11 is 0. The molecule has 0 atom stereocenters. The molecule has 4 rings (SSSR count). The van der Waals surface area contributed by atoms with Crippen LogP contribution < -0.4 is 15.6 Å². The second kappa shape index (κ2) is 10.7. The Kier molecular flexibility index (Phi) is 7.55. The predicted molar refractivity (Wildman–Crippen MR) is 121 cm³/mol. The number of para-hydroxylation sites is 1. The molecule has 1 N–H and O–H groups in total. The Hall–Kier alpha value is -2.71. The summed E-state index contributed by atoms with van der Waals surface area (Å²) in [4.78, 5) is 27.6. The summed E-state index contributed by atoms with van der Waals surface area (Å²) in [6.45, 7) is 4.44. The van der Waals surface area contributed by atoms with Crippen LogP contribution in [0.25, 0.3) is 0 Å². The van der Waals surface area contributed by atoms with Gasteiger partial charge in [-0.15, -0.1) is 0 Å². The average Bonchev–Trinajstić information content (AvgIpc) is 2.85. The summed E-state index contributed by atoms with van der Waals surface area (Å²) in [6, 6.07) is 12.3. The number of hydrogen-bond donors (Lipinski definition) is 1. The van der Waals surface area contributed by atoms with E-state index >= 15 is 0 Å². The first-order chi connectivity index (χ1) is 15.7. The summed E-state index contributed by atoms with van der Waals surface area (Å²) in [5.74, 6) is 0.483. The molecule has 0 radical (unpaired) electrons. The van der Waals surface area contributed by atoms with Crippen molar-refractivity contribution >= 4 is 5.91 Å². The lowest BCUT2D eigenvalue weighted by Gasteiger charge is -2.48. The Bertz CT molecular complexity index is 935. The average molecular weight is 441 g/mol. The first-order valence-electron chi connectivity index (χ1n) is 11.5. The highest BCUT2D eigenvalue weighted by molar-refractivity contribution is 5.92. The lowest BCUT2D eigenvalue weighted by molar-refractivity contribution is -0.0361. The standard InChI is InChI=1S/C24H32N4O4/c29-22-10-9-21(26-28(22)15-18-32-20-7-3-1-4-8-20)23(30)25-19-24(11-5-2-6-12-24)27-13-16-31-17-14-27/h1,3-4,7-10H,2,5-6,11-19H2,(H,25,30). The van der Waals surface area contributed by atoms with Crippen molar-refractivity contribution in [2.45, 2.75) is 44.2 Å². The molecule has 1 saturated heterocycles. The van der Waals surface area contributed by atoms with Gasteiger partial charge >= 0.3 is 0 Å². The van der Waals surface area contributed by atoms with Gasteiger partial charge in [0.05, 0.1) is 19.8 Å². The smallest absolute Gasteiger partial charge is 0.271 e.